The van der Waals surface area contributed by atoms with Gasteiger partial charge in [0.05, 0.1) is 11.0 Å². The molecule has 0 fully saturated rings. The van der Waals surface area contributed by atoms with Crippen molar-refractivity contribution in [2.24, 2.45) is 4.99 Å². The minimum absolute atomic E-state index is 0.0656. The molecule has 0 bridgehead atoms. The van der Waals surface area contributed by atoms with Crippen LogP contribution in [0.5, 0.6) is 11.5 Å². The van der Waals surface area contributed by atoms with Gasteiger partial charge in [-0.15, -0.1) is 0 Å². The van der Waals surface area contributed by atoms with Crippen molar-refractivity contribution in [3.05, 3.63) is 64.2 Å². The molecule has 0 aliphatic carbocycles. The Bertz CT molecular complexity index is 728. The number of fused-ring (bicyclic) bond motifs is 1. The number of ether oxygens (including phenoxy) is 2. The monoisotopic (exact) mass is 312 g/mol. The fourth-order valence-electron chi connectivity index (χ4n) is 2.26. The molecule has 6 heteroatoms. The van der Waals surface area contributed by atoms with Crippen molar-refractivity contribution < 1.29 is 14.4 Å². The van der Waals surface area contributed by atoms with Crippen LogP contribution >= 0.6 is 0 Å². The predicted octanol–water partition coefficient (Wildman–Crippen LogP) is 3.24. The first-order chi connectivity index (χ1) is 11.1. The van der Waals surface area contributed by atoms with E-state index in [1.807, 2.05) is 31.2 Å². The van der Waals surface area contributed by atoms with Crippen molar-refractivity contribution in [1.29, 1.82) is 0 Å². The van der Waals surface area contributed by atoms with Crippen molar-refractivity contribution in [1.82, 2.24) is 0 Å². The lowest BCUT2D eigenvalue weighted by Crippen LogP contribution is -2.37. The predicted molar refractivity (Wildman–Crippen MR) is 86.5 cm³/mol. The number of nitro benzene ring substituents is 1. The minimum Gasteiger partial charge on any atom is -0.486 e. The third-order valence-corrected chi connectivity index (χ3v) is 3.63. The average molecular weight is 312 g/mol. The maximum Gasteiger partial charge on any atom is 0.269 e. The topological polar surface area (TPSA) is 74.0 Å². The quantitative estimate of drug-likeness (QED) is 0.493. The minimum atomic E-state index is -0.422. The maximum atomic E-state index is 10.6. The molecule has 0 amide bonds. The number of nitro groups is 1. The Morgan fingerprint density at radius 2 is 1.91 bits per heavy atom. The first kappa shape index (κ1) is 15.0. The summed E-state index contributed by atoms with van der Waals surface area (Å²) >= 11 is 0. The van der Waals surface area contributed by atoms with Gasteiger partial charge < -0.3 is 9.47 Å². The largest absolute Gasteiger partial charge is 0.486 e. The van der Waals surface area contributed by atoms with Gasteiger partial charge in [-0.05, 0) is 36.8 Å². The normalized spacial score (nSPS) is 17.9. The van der Waals surface area contributed by atoms with E-state index in [9.17, 15) is 10.1 Å². The Morgan fingerprint density at radius 1 is 1.22 bits per heavy atom. The Labute approximate surface area is 133 Å². The van der Waals surface area contributed by atoms with Gasteiger partial charge >= 0.3 is 0 Å². The summed E-state index contributed by atoms with van der Waals surface area (Å²) in [4.78, 5) is 14.7. The molecule has 0 spiro atoms. The molecule has 0 saturated carbocycles. The van der Waals surface area contributed by atoms with E-state index in [2.05, 4.69) is 4.99 Å². The molecule has 0 radical (unpaired) electrons. The van der Waals surface area contributed by atoms with Gasteiger partial charge in [-0.3, -0.25) is 15.1 Å². The van der Waals surface area contributed by atoms with Crippen LogP contribution in [0.1, 0.15) is 12.5 Å². The first-order valence-electron chi connectivity index (χ1n) is 7.29. The molecular formula is C17H16N2O4. The van der Waals surface area contributed by atoms with Crippen molar-refractivity contribution >= 4 is 11.9 Å². The molecule has 1 aliphatic heterocycles. The number of hydrogen-bond donors (Lipinski definition) is 0. The number of nitrogens with zero attached hydrogens (tertiary/aromatic N) is 2. The molecule has 2 atom stereocenters. The van der Waals surface area contributed by atoms with Gasteiger partial charge in [-0.25, -0.2) is 0 Å². The number of hydrogen-bond acceptors (Lipinski definition) is 5. The Balaban J connectivity index is 1.65. The summed E-state index contributed by atoms with van der Waals surface area (Å²) in [6.45, 7) is 2.39. The first-order valence-corrected chi connectivity index (χ1v) is 7.29. The van der Waals surface area contributed by atoms with E-state index in [1.165, 1.54) is 12.1 Å². The molecule has 3 rings (SSSR count). The number of rotatable bonds is 4. The van der Waals surface area contributed by atoms with Gasteiger partial charge in [-0.2, -0.15) is 0 Å². The summed E-state index contributed by atoms with van der Waals surface area (Å²) in [6, 6.07) is 13.7. The third kappa shape index (κ3) is 3.48. The molecule has 0 N–H and O–H groups in total. The highest BCUT2D eigenvalue weighted by Gasteiger charge is 2.25. The third-order valence-electron chi connectivity index (χ3n) is 3.63. The van der Waals surface area contributed by atoms with E-state index >= 15 is 0 Å². The number of aliphatic imine (C=N–C) groups is 1. The number of benzene rings is 2. The van der Waals surface area contributed by atoms with Gasteiger partial charge in [0.1, 0.15) is 6.61 Å². The fourth-order valence-corrected chi connectivity index (χ4v) is 2.26. The van der Waals surface area contributed by atoms with E-state index < -0.39 is 4.92 Å². The highest BCUT2D eigenvalue weighted by Crippen LogP contribution is 2.31. The molecule has 2 aromatic rings. The van der Waals surface area contributed by atoms with Crippen molar-refractivity contribution in [2.75, 3.05) is 6.61 Å². The van der Waals surface area contributed by atoms with E-state index in [4.69, 9.17) is 9.47 Å². The molecule has 0 unspecified atom stereocenters. The zero-order valence-electron chi connectivity index (χ0n) is 12.6. The van der Waals surface area contributed by atoms with E-state index in [-0.39, 0.29) is 17.8 Å². The standard InChI is InChI=1S/C17H16N2O4/c1-12(17-11-22-15-4-2-3-5-16(15)23-17)18-10-13-6-8-14(9-7-13)19(20)21/h2-10,12,17H,11H2,1H3/t12-,17-/m1/s1. The summed E-state index contributed by atoms with van der Waals surface area (Å²) in [5.74, 6) is 1.47. The van der Waals surface area contributed by atoms with Gasteiger partial charge in [0.25, 0.3) is 5.69 Å². The lowest BCUT2D eigenvalue weighted by atomic mass is 10.1. The van der Waals surface area contributed by atoms with Crippen molar-refractivity contribution in [2.45, 2.75) is 19.1 Å². The molecule has 23 heavy (non-hydrogen) atoms. The van der Waals surface area contributed by atoms with Crippen LogP contribution in [0.15, 0.2) is 53.5 Å². The van der Waals surface area contributed by atoms with Crippen LogP contribution in [-0.4, -0.2) is 29.9 Å². The molecule has 1 aliphatic rings. The SMILES string of the molecule is C[C@@H](N=Cc1ccc([N+](=O)[O-])cc1)[C@H]1COc2ccccc2O1. The number of non-ortho nitro benzene ring substituents is 1. The van der Waals surface area contributed by atoms with Crippen LogP contribution in [0.3, 0.4) is 0 Å². The van der Waals surface area contributed by atoms with E-state index in [1.54, 1.807) is 18.3 Å². The van der Waals surface area contributed by atoms with E-state index in [0.29, 0.717) is 6.61 Å². The summed E-state index contributed by atoms with van der Waals surface area (Å²) in [5.41, 5.74) is 0.871. The van der Waals surface area contributed by atoms with Crippen molar-refractivity contribution in [3.8, 4) is 11.5 Å². The summed E-state index contributed by atoms with van der Waals surface area (Å²) in [6.07, 6.45) is 1.53. The molecule has 118 valence electrons. The lowest BCUT2D eigenvalue weighted by molar-refractivity contribution is -0.384. The zero-order chi connectivity index (χ0) is 16.2. The lowest BCUT2D eigenvalue weighted by Gasteiger charge is -2.28. The molecule has 1 heterocycles. The second-order valence-corrected chi connectivity index (χ2v) is 5.28. The van der Waals surface area contributed by atoms with Crippen LogP contribution in [0, 0.1) is 10.1 Å². The van der Waals surface area contributed by atoms with Crippen LogP contribution in [0.2, 0.25) is 0 Å². The van der Waals surface area contributed by atoms with Crippen LogP contribution in [0.4, 0.5) is 5.69 Å². The highest BCUT2D eigenvalue weighted by atomic mass is 16.6. The average Bonchev–Trinajstić information content (AvgIpc) is 2.59. The Morgan fingerprint density at radius 3 is 2.61 bits per heavy atom. The van der Waals surface area contributed by atoms with E-state index in [0.717, 1.165) is 17.1 Å². The van der Waals surface area contributed by atoms with Gasteiger partial charge in [0.2, 0.25) is 0 Å². The highest BCUT2D eigenvalue weighted by molar-refractivity contribution is 5.80. The van der Waals surface area contributed by atoms with Gasteiger partial charge in [0, 0.05) is 18.3 Å². The molecule has 6 nitrogen and oxygen atoms in total. The molecule has 0 saturated heterocycles. The second kappa shape index (κ2) is 6.48. The molecule has 2 aromatic carbocycles. The van der Waals surface area contributed by atoms with Gasteiger partial charge in [-0.1, -0.05) is 12.1 Å². The fraction of sp³-hybridized carbons (Fsp3) is 0.235. The summed E-state index contributed by atoms with van der Waals surface area (Å²) in [7, 11) is 0. The van der Waals surface area contributed by atoms with Crippen LogP contribution in [-0.2, 0) is 0 Å². The second-order valence-electron chi connectivity index (χ2n) is 5.28. The Hall–Kier alpha value is -2.89. The number of para-hydroxylation sites is 2. The summed E-state index contributed by atoms with van der Waals surface area (Å²) in [5, 5.41) is 10.6. The smallest absolute Gasteiger partial charge is 0.269 e. The van der Waals surface area contributed by atoms with Gasteiger partial charge in [0.15, 0.2) is 17.6 Å². The zero-order valence-corrected chi connectivity index (χ0v) is 12.6. The maximum absolute atomic E-state index is 10.6. The Kier molecular flexibility index (Phi) is 4.23. The van der Waals surface area contributed by atoms with Crippen LogP contribution in [0.25, 0.3) is 0 Å². The molecular weight excluding hydrogens is 296 g/mol. The summed E-state index contributed by atoms with van der Waals surface area (Å²) < 4.78 is 11.6. The molecule has 0 aromatic heterocycles. The van der Waals surface area contributed by atoms with Crippen LogP contribution < -0.4 is 9.47 Å². The van der Waals surface area contributed by atoms with Crippen molar-refractivity contribution in [3.63, 3.8) is 0 Å².